The molecule has 19 heavy (non-hydrogen) atoms. The molecule has 0 bridgehead atoms. The van der Waals surface area contributed by atoms with Gasteiger partial charge >= 0.3 is 5.69 Å². The molecule has 6 nitrogen and oxygen atoms in total. The molecule has 6 heteroatoms. The van der Waals surface area contributed by atoms with Gasteiger partial charge in [0.2, 0.25) is 0 Å². The molecule has 0 amide bonds. The lowest BCUT2D eigenvalue weighted by Gasteiger charge is -2.25. The smallest absolute Gasteiger partial charge is 0.301 e. The zero-order chi connectivity index (χ0) is 14.0. The quantitative estimate of drug-likeness (QED) is 0.672. The van der Waals surface area contributed by atoms with E-state index in [9.17, 15) is 15.2 Å². The number of pyridine rings is 1. The van der Waals surface area contributed by atoms with Crippen molar-refractivity contribution in [3.05, 3.63) is 40.6 Å². The highest BCUT2D eigenvalue weighted by Gasteiger charge is 2.23. The van der Waals surface area contributed by atoms with Crippen LogP contribution in [0.1, 0.15) is 6.92 Å². The van der Waals surface area contributed by atoms with Crippen LogP contribution in [0.5, 0.6) is 0 Å². The van der Waals surface area contributed by atoms with E-state index in [4.69, 9.17) is 0 Å². The van der Waals surface area contributed by atoms with E-state index in [-0.39, 0.29) is 18.3 Å². The molecule has 0 saturated carbocycles. The molecular weight excluding hydrogens is 246 g/mol. The molecule has 0 saturated heterocycles. The number of aliphatic hydroxyl groups is 1. The Labute approximate surface area is 110 Å². The van der Waals surface area contributed by atoms with Crippen LogP contribution in [0, 0.1) is 10.1 Å². The minimum atomic E-state index is -0.403. The number of benzene rings is 1. The Hall–Kier alpha value is -2.21. The lowest BCUT2D eigenvalue weighted by molar-refractivity contribution is -0.382. The maximum absolute atomic E-state index is 11.3. The number of anilines is 1. The van der Waals surface area contributed by atoms with Crippen LogP contribution in [0.4, 0.5) is 11.4 Å². The van der Waals surface area contributed by atoms with Gasteiger partial charge in [0.25, 0.3) is 0 Å². The van der Waals surface area contributed by atoms with Crippen molar-refractivity contribution in [2.24, 2.45) is 0 Å². The van der Waals surface area contributed by atoms with E-state index in [1.165, 1.54) is 0 Å². The molecule has 0 aliphatic heterocycles. The topological polar surface area (TPSA) is 79.5 Å². The third kappa shape index (κ3) is 2.34. The first-order valence-electron chi connectivity index (χ1n) is 5.92. The Morgan fingerprint density at radius 3 is 2.84 bits per heavy atom. The van der Waals surface area contributed by atoms with Crippen LogP contribution in [0.15, 0.2) is 30.5 Å². The Bertz CT molecular complexity index is 615. The normalized spacial score (nSPS) is 12.4. The molecule has 0 aliphatic carbocycles. The van der Waals surface area contributed by atoms with Crippen LogP contribution in [0.2, 0.25) is 0 Å². The lowest BCUT2D eigenvalue weighted by atomic mass is 10.1. The number of likely N-dealkylation sites (N-methyl/N-ethyl adjacent to an activating group) is 1. The summed E-state index contributed by atoms with van der Waals surface area (Å²) in [5, 5.41) is 21.0. The third-order valence-corrected chi connectivity index (χ3v) is 3.22. The standard InChI is InChI=1S/C13H15N3O3/c1-9(8-17)15(2)12-6-5-11-10(4-3-7-14-11)13(12)16(18)19/h3-7,9,17H,8H2,1-2H3. The molecule has 1 unspecified atom stereocenters. The van der Waals surface area contributed by atoms with Gasteiger partial charge < -0.3 is 10.0 Å². The lowest BCUT2D eigenvalue weighted by Crippen LogP contribution is -2.32. The van der Waals surface area contributed by atoms with Crippen molar-refractivity contribution < 1.29 is 10.0 Å². The molecule has 1 aromatic heterocycles. The van der Waals surface area contributed by atoms with Crippen LogP contribution < -0.4 is 4.90 Å². The molecule has 0 spiro atoms. The van der Waals surface area contributed by atoms with Crippen molar-refractivity contribution in [3.8, 4) is 0 Å². The predicted octanol–water partition coefficient (Wildman–Crippen LogP) is 1.96. The fourth-order valence-electron chi connectivity index (χ4n) is 1.96. The molecular formula is C13H15N3O3. The fraction of sp³-hybridized carbons (Fsp3) is 0.308. The molecule has 1 aromatic carbocycles. The van der Waals surface area contributed by atoms with Crippen molar-refractivity contribution in [3.63, 3.8) is 0 Å². The number of nitro groups is 1. The van der Waals surface area contributed by atoms with Gasteiger partial charge in [0.15, 0.2) is 0 Å². The first-order chi connectivity index (χ1) is 9.06. The molecule has 2 aromatic rings. The molecule has 2 rings (SSSR count). The average molecular weight is 261 g/mol. The van der Waals surface area contributed by atoms with E-state index in [0.29, 0.717) is 16.6 Å². The first kappa shape index (κ1) is 13.2. The molecule has 0 aliphatic rings. The zero-order valence-electron chi connectivity index (χ0n) is 10.8. The van der Waals surface area contributed by atoms with E-state index in [1.54, 1.807) is 49.3 Å². The second kappa shape index (κ2) is 5.19. The number of aliphatic hydroxyl groups excluding tert-OH is 1. The van der Waals surface area contributed by atoms with Crippen LogP contribution in [0.3, 0.4) is 0 Å². The van der Waals surface area contributed by atoms with E-state index in [0.717, 1.165) is 0 Å². The van der Waals surface area contributed by atoms with E-state index in [2.05, 4.69) is 4.98 Å². The van der Waals surface area contributed by atoms with Gasteiger partial charge in [-0.3, -0.25) is 15.1 Å². The van der Waals surface area contributed by atoms with Gasteiger partial charge in [-0.05, 0) is 31.2 Å². The highest BCUT2D eigenvalue weighted by molar-refractivity contribution is 5.94. The Morgan fingerprint density at radius 2 is 2.21 bits per heavy atom. The predicted molar refractivity (Wildman–Crippen MR) is 73.3 cm³/mol. The van der Waals surface area contributed by atoms with E-state index in [1.807, 2.05) is 0 Å². The van der Waals surface area contributed by atoms with Gasteiger partial charge in [-0.15, -0.1) is 0 Å². The fourth-order valence-corrected chi connectivity index (χ4v) is 1.96. The molecule has 1 atom stereocenters. The molecule has 100 valence electrons. The largest absolute Gasteiger partial charge is 0.394 e. The summed E-state index contributed by atoms with van der Waals surface area (Å²) in [6, 6.07) is 6.57. The summed E-state index contributed by atoms with van der Waals surface area (Å²) in [6.45, 7) is 1.73. The Balaban J connectivity index is 2.67. The van der Waals surface area contributed by atoms with Crippen LogP contribution >= 0.6 is 0 Å². The van der Waals surface area contributed by atoms with Gasteiger partial charge in [0.05, 0.1) is 22.4 Å². The number of aromatic nitrogens is 1. The second-order valence-corrected chi connectivity index (χ2v) is 4.40. The SMILES string of the molecule is CC(CO)N(C)c1ccc2ncccc2c1[N+](=O)[O-]. The average Bonchev–Trinajstić information content (AvgIpc) is 2.44. The minimum Gasteiger partial charge on any atom is -0.394 e. The van der Waals surface area contributed by atoms with Crippen LogP contribution in [-0.4, -0.2) is 34.7 Å². The summed E-state index contributed by atoms with van der Waals surface area (Å²) in [4.78, 5) is 16.8. The van der Waals surface area contributed by atoms with E-state index >= 15 is 0 Å². The summed E-state index contributed by atoms with van der Waals surface area (Å²) < 4.78 is 0. The Kier molecular flexibility index (Phi) is 3.62. The monoisotopic (exact) mass is 261 g/mol. The molecule has 0 fully saturated rings. The number of fused-ring (bicyclic) bond motifs is 1. The molecule has 1 heterocycles. The summed E-state index contributed by atoms with van der Waals surface area (Å²) in [5.41, 5.74) is 1.09. The van der Waals surface area contributed by atoms with Crippen molar-refractivity contribution in [2.75, 3.05) is 18.6 Å². The van der Waals surface area contributed by atoms with Crippen LogP contribution in [0.25, 0.3) is 10.9 Å². The highest BCUT2D eigenvalue weighted by Crippen LogP contribution is 2.35. The van der Waals surface area contributed by atoms with Gasteiger partial charge in [0, 0.05) is 19.3 Å². The van der Waals surface area contributed by atoms with Gasteiger partial charge in [-0.25, -0.2) is 0 Å². The molecule has 1 N–H and O–H groups in total. The van der Waals surface area contributed by atoms with Crippen molar-refractivity contribution in [2.45, 2.75) is 13.0 Å². The number of hydrogen-bond acceptors (Lipinski definition) is 5. The van der Waals surface area contributed by atoms with Crippen LogP contribution in [-0.2, 0) is 0 Å². The third-order valence-electron chi connectivity index (χ3n) is 3.22. The number of nitro benzene ring substituents is 1. The Morgan fingerprint density at radius 1 is 1.47 bits per heavy atom. The highest BCUT2D eigenvalue weighted by atomic mass is 16.6. The van der Waals surface area contributed by atoms with Crippen molar-refractivity contribution >= 4 is 22.3 Å². The minimum absolute atomic E-state index is 0.0217. The van der Waals surface area contributed by atoms with E-state index < -0.39 is 4.92 Å². The van der Waals surface area contributed by atoms with Crippen molar-refractivity contribution in [1.29, 1.82) is 0 Å². The maximum atomic E-state index is 11.3. The summed E-state index contributed by atoms with van der Waals surface area (Å²) >= 11 is 0. The summed E-state index contributed by atoms with van der Waals surface area (Å²) in [7, 11) is 1.73. The zero-order valence-corrected chi connectivity index (χ0v) is 10.8. The second-order valence-electron chi connectivity index (χ2n) is 4.40. The number of hydrogen-bond donors (Lipinski definition) is 1. The van der Waals surface area contributed by atoms with Gasteiger partial charge in [0.1, 0.15) is 5.69 Å². The van der Waals surface area contributed by atoms with Gasteiger partial charge in [-0.1, -0.05) is 0 Å². The number of nitrogens with zero attached hydrogens (tertiary/aromatic N) is 3. The summed E-state index contributed by atoms with van der Waals surface area (Å²) in [6.07, 6.45) is 1.60. The first-order valence-corrected chi connectivity index (χ1v) is 5.92. The maximum Gasteiger partial charge on any atom is 0.301 e. The van der Waals surface area contributed by atoms with Gasteiger partial charge in [-0.2, -0.15) is 0 Å². The number of rotatable bonds is 4. The molecule has 0 radical (unpaired) electrons. The van der Waals surface area contributed by atoms with Crippen molar-refractivity contribution in [1.82, 2.24) is 4.98 Å². The summed E-state index contributed by atoms with van der Waals surface area (Å²) in [5.74, 6) is 0.